The van der Waals surface area contributed by atoms with Crippen LogP contribution in [0.15, 0.2) is 55.1 Å². The van der Waals surface area contributed by atoms with Gasteiger partial charge in [0.1, 0.15) is 0 Å². The average molecular weight is 250 g/mol. The van der Waals surface area contributed by atoms with Crippen LogP contribution in [0.25, 0.3) is 27.3 Å². The van der Waals surface area contributed by atoms with Gasteiger partial charge in [-0.25, -0.2) is 0 Å². The molecule has 0 saturated heterocycles. The number of thiophene rings is 1. The largest absolute Gasteiger partial charge is 0.136 e. The lowest BCUT2D eigenvalue weighted by Gasteiger charge is -2.01. The smallest absolute Gasteiger partial charge is 0.0358 e. The van der Waals surface area contributed by atoms with Crippen LogP contribution in [0.2, 0.25) is 0 Å². The van der Waals surface area contributed by atoms with Crippen LogP contribution < -0.4 is 0 Å². The van der Waals surface area contributed by atoms with E-state index < -0.39 is 0 Å². The fraction of sp³-hybridized carbons (Fsp3) is 0.0588. The fourth-order valence-corrected chi connectivity index (χ4v) is 3.35. The Hall–Kier alpha value is -1.86. The summed E-state index contributed by atoms with van der Waals surface area (Å²) < 4.78 is 1.34. The maximum absolute atomic E-state index is 3.88. The van der Waals surface area contributed by atoms with Crippen molar-refractivity contribution in [2.75, 3.05) is 0 Å². The molecule has 0 atom stereocenters. The predicted octanol–water partition coefficient (Wildman–Crippen LogP) is 5.52. The summed E-state index contributed by atoms with van der Waals surface area (Å²) in [5, 5.41) is 1.34. The van der Waals surface area contributed by atoms with E-state index in [9.17, 15) is 0 Å². The van der Waals surface area contributed by atoms with Crippen LogP contribution in [0.3, 0.4) is 0 Å². The first kappa shape index (κ1) is 11.2. The molecule has 3 rings (SSSR count). The molecule has 18 heavy (non-hydrogen) atoms. The summed E-state index contributed by atoms with van der Waals surface area (Å²) >= 11 is 1.81. The first-order valence-electron chi connectivity index (χ1n) is 6.00. The highest BCUT2D eigenvalue weighted by atomic mass is 32.1. The van der Waals surface area contributed by atoms with Crippen LogP contribution in [-0.4, -0.2) is 0 Å². The van der Waals surface area contributed by atoms with Crippen molar-refractivity contribution in [3.8, 4) is 11.1 Å². The van der Waals surface area contributed by atoms with Crippen molar-refractivity contribution in [2.24, 2.45) is 0 Å². The Morgan fingerprint density at radius 1 is 1.00 bits per heavy atom. The fourth-order valence-electron chi connectivity index (χ4n) is 2.25. The Morgan fingerprint density at radius 2 is 1.78 bits per heavy atom. The van der Waals surface area contributed by atoms with E-state index in [1.807, 2.05) is 23.5 Å². The molecule has 0 aliphatic rings. The van der Waals surface area contributed by atoms with Crippen molar-refractivity contribution in [3.05, 3.63) is 65.6 Å². The SMILES string of the molecule is C=Cc1sc2cc(-c3ccccc3)ccc2c1C. The lowest BCUT2D eigenvalue weighted by molar-refractivity contribution is 1.57. The number of benzene rings is 2. The molecule has 0 amide bonds. The van der Waals surface area contributed by atoms with Gasteiger partial charge in [0, 0.05) is 9.58 Å². The van der Waals surface area contributed by atoms with Crippen LogP contribution in [0.4, 0.5) is 0 Å². The monoisotopic (exact) mass is 250 g/mol. The molecule has 0 radical (unpaired) electrons. The highest BCUT2D eigenvalue weighted by molar-refractivity contribution is 7.20. The Balaban J connectivity index is 2.20. The summed E-state index contributed by atoms with van der Waals surface area (Å²) in [4.78, 5) is 1.27. The maximum Gasteiger partial charge on any atom is 0.0358 e. The molecule has 88 valence electrons. The molecule has 0 aliphatic heterocycles. The van der Waals surface area contributed by atoms with E-state index >= 15 is 0 Å². The van der Waals surface area contributed by atoms with Crippen LogP contribution >= 0.6 is 11.3 Å². The summed E-state index contributed by atoms with van der Waals surface area (Å²) in [6.45, 7) is 6.04. The Morgan fingerprint density at radius 3 is 2.50 bits per heavy atom. The zero-order valence-electron chi connectivity index (χ0n) is 10.3. The van der Waals surface area contributed by atoms with Crippen molar-refractivity contribution >= 4 is 27.5 Å². The summed E-state index contributed by atoms with van der Waals surface area (Å²) in [6, 6.07) is 17.2. The van der Waals surface area contributed by atoms with Gasteiger partial charge >= 0.3 is 0 Å². The minimum Gasteiger partial charge on any atom is -0.136 e. The zero-order chi connectivity index (χ0) is 12.5. The molecular weight excluding hydrogens is 236 g/mol. The number of hydrogen-bond acceptors (Lipinski definition) is 1. The van der Waals surface area contributed by atoms with Crippen LogP contribution in [-0.2, 0) is 0 Å². The highest BCUT2D eigenvalue weighted by Crippen LogP contribution is 2.34. The molecule has 0 fully saturated rings. The normalized spacial score (nSPS) is 10.7. The second-order valence-electron chi connectivity index (χ2n) is 4.37. The number of rotatable bonds is 2. The minimum atomic E-state index is 1.27. The summed E-state index contributed by atoms with van der Waals surface area (Å²) in [5.74, 6) is 0. The van der Waals surface area contributed by atoms with Crippen molar-refractivity contribution in [1.82, 2.24) is 0 Å². The quantitative estimate of drug-likeness (QED) is 0.561. The van der Waals surface area contributed by atoms with Gasteiger partial charge in [0.15, 0.2) is 0 Å². The summed E-state index contributed by atoms with van der Waals surface area (Å²) in [7, 11) is 0. The second-order valence-corrected chi connectivity index (χ2v) is 5.46. The average Bonchev–Trinajstić information content (AvgIpc) is 2.76. The minimum absolute atomic E-state index is 1.27. The standard InChI is InChI=1S/C17H14S/c1-3-16-12(2)15-10-9-14(11-17(15)18-16)13-7-5-4-6-8-13/h3-11H,1H2,2H3. The van der Waals surface area contributed by atoms with Gasteiger partial charge in [-0.3, -0.25) is 0 Å². The third kappa shape index (κ3) is 1.77. The molecule has 2 aromatic carbocycles. The molecule has 1 heteroatoms. The molecule has 0 aliphatic carbocycles. The second kappa shape index (κ2) is 4.43. The van der Waals surface area contributed by atoms with Gasteiger partial charge in [-0.1, -0.05) is 55.1 Å². The molecular formula is C17H14S. The molecule has 0 spiro atoms. The molecule has 0 saturated carbocycles. The van der Waals surface area contributed by atoms with Crippen LogP contribution in [0.1, 0.15) is 10.4 Å². The van der Waals surface area contributed by atoms with E-state index in [-0.39, 0.29) is 0 Å². The molecule has 1 heterocycles. The van der Waals surface area contributed by atoms with E-state index in [2.05, 4.69) is 56.0 Å². The number of fused-ring (bicyclic) bond motifs is 1. The summed E-state index contributed by atoms with van der Waals surface area (Å²) in [6.07, 6.45) is 1.95. The lowest BCUT2D eigenvalue weighted by Crippen LogP contribution is -1.76. The molecule has 3 aromatic rings. The van der Waals surface area contributed by atoms with E-state index in [0.29, 0.717) is 0 Å². The van der Waals surface area contributed by atoms with E-state index in [1.165, 1.54) is 31.7 Å². The molecule has 0 N–H and O–H groups in total. The molecule has 0 bridgehead atoms. The van der Waals surface area contributed by atoms with Gasteiger partial charge < -0.3 is 0 Å². The Bertz CT molecular complexity index is 705. The van der Waals surface area contributed by atoms with Crippen molar-refractivity contribution in [2.45, 2.75) is 6.92 Å². The van der Waals surface area contributed by atoms with Crippen molar-refractivity contribution in [1.29, 1.82) is 0 Å². The van der Waals surface area contributed by atoms with Crippen LogP contribution in [0, 0.1) is 6.92 Å². The summed E-state index contributed by atoms with van der Waals surface area (Å²) in [5.41, 5.74) is 3.88. The lowest BCUT2D eigenvalue weighted by atomic mass is 10.0. The Kier molecular flexibility index (Phi) is 2.77. The van der Waals surface area contributed by atoms with Gasteiger partial charge in [-0.05, 0) is 35.1 Å². The van der Waals surface area contributed by atoms with Crippen LogP contribution in [0.5, 0.6) is 0 Å². The van der Waals surface area contributed by atoms with Crippen molar-refractivity contribution in [3.63, 3.8) is 0 Å². The van der Waals surface area contributed by atoms with Gasteiger partial charge in [-0.2, -0.15) is 0 Å². The Labute approximate surface area is 111 Å². The molecule has 0 unspecified atom stereocenters. The van der Waals surface area contributed by atoms with E-state index in [0.717, 1.165) is 0 Å². The number of aryl methyl sites for hydroxylation is 1. The zero-order valence-corrected chi connectivity index (χ0v) is 11.1. The highest BCUT2D eigenvalue weighted by Gasteiger charge is 2.07. The van der Waals surface area contributed by atoms with Gasteiger partial charge in [0.25, 0.3) is 0 Å². The van der Waals surface area contributed by atoms with Gasteiger partial charge in [-0.15, -0.1) is 11.3 Å². The first-order chi connectivity index (χ1) is 8.79. The van der Waals surface area contributed by atoms with Gasteiger partial charge in [0.05, 0.1) is 0 Å². The van der Waals surface area contributed by atoms with Crippen molar-refractivity contribution < 1.29 is 0 Å². The number of hydrogen-bond donors (Lipinski definition) is 0. The maximum atomic E-state index is 3.88. The van der Waals surface area contributed by atoms with E-state index in [4.69, 9.17) is 0 Å². The third-order valence-electron chi connectivity index (χ3n) is 3.27. The van der Waals surface area contributed by atoms with E-state index in [1.54, 1.807) is 0 Å². The predicted molar refractivity (Wildman–Crippen MR) is 82.1 cm³/mol. The molecule has 0 nitrogen and oxygen atoms in total. The molecule has 1 aromatic heterocycles. The van der Waals surface area contributed by atoms with Gasteiger partial charge in [0.2, 0.25) is 0 Å². The topological polar surface area (TPSA) is 0 Å². The third-order valence-corrected chi connectivity index (χ3v) is 4.52. The first-order valence-corrected chi connectivity index (χ1v) is 6.82.